The van der Waals surface area contributed by atoms with Gasteiger partial charge in [-0.15, -0.1) is 0 Å². The first-order valence-electron chi connectivity index (χ1n) is 20.1. The van der Waals surface area contributed by atoms with Crippen molar-refractivity contribution in [1.29, 1.82) is 0 Å². The molecule has 4 atom stereocenters. The lowest BCUT2D eigenvalue weighted by atomic mass is 9.57. The molecule has 4 aliphatic carbocycles. The van der Waals surface area contributed by atoms with E-state index in [0.717, 1.165) is 31.2 Å². The second-order valence-corrected chi connectivity index (χ2v) is 23.0. The molecule has 304 valence electrons. The predicted molar refractivity (Wildman–Crippen MR) is 211 cm³/mol. The first-order chi connectivity index (χ1) is 27.0. The number of carbonyl (C=O) groups is 3. The van der Waals surface area contributed by atoms with Crippen LogP contribution in [0.5, 0.6) is 11.6 Å². The van der Waals surface area contributed by atoms with Crippen LogP contribution in [0.1, 0.15) is 103 Å². The number of aliphatic hydroxyl groups is 1. The van der Waals surface area contributed by atoms with Crippen molar-refractivity contribution in [1.82, 2.24) is 20.3 Å². The van der Waals surface area contributed by atoms with Crippen molar-refractivity contribution in [2.75, 3.05) is 20.6 Å². The number of fused-ring (bicyclic) bond motifs is 5. The Kier molecular flexibility index (Phi) is 9.81. The number of amides is 1. The van der Waals surface area contributed by atoms with Gasteiger partial charge in [0, 0.05) is 40.8 Å². The Morgan fingerprint density at radius 1 is 1.05 bits per heavy atom. The SMILES string of the molecule is CN(C)[C@@H]1c2onc(OCc3ccccc3)c2C(=O)[C@@]2(O[Si](C)(C)C(C)(C)C)C(=O)C3=C(O)c4c(O)c5c(c(F)c4C[C@H]3C[C@@H]12)CN(C(=O)CNC1CCCC1)C5. The number of ether oxygens (including phenoxy) is 1. The topological polar surface area (TPSA) is 155 Å². The van der Waals surface area contributed by atoms with Crippen LogP contribution in [0.4, 0.5) is 4.39 Å². The minimum Gasteiger partial charge on any atom is -0.507 e. The Balaban J connectivity index is 1.22. The standard InChI is InChI=1S/C43H53FN4O8Si/c1-42(2,3)57(6,7)56-43-29(35(47(4)5)38-33(40(43)53)41(46-55-38)54-22-23-13-9-8-10-14-23)18-24-17-26-32(37(51)31(24)39(43)52)36(50)28-21-48(20-27(28)34(26)44)30(49)19-45-25-15-11-12-16-25/h8-10,13-14,24-25,29,35,45,50-51H,11-12,15-22H2,1-7H3/t24-,29-,35-,43-/m0/s1. The Bertz CT molecular complexity index is 2170. The molecule has 1 aromatic heterocycles. The molecule has 2 fully saturated rings. The molecular weight excluding hydrogens is 748 g/mol. The number of phenols is 1. The van der Waals surface area contributed by atoms with E-state index in [1.54, 1.807) is 0 Å². The summed E-state index contributed by atoms with van der Waals surface area (Å²) in [5.74, 6) is -4.47. The quantitative estimate of drug-likeness (QED) is 0.155. The highest BCUT2D eigenvalue weighted by molar-refractivity contribution is 6.74. The second-order valence-electron chi connectivity index (χ2n) is 18.3. The summed E-state index contributed by atoms with van der Waals surface area (Å²) in [7, 11) is 0.683. The highest BCUT2D eigenvalue weighted by atomic mass is 28.4. The van der Waals surface area contributed by atoms with Crippen LogP contribution >= 0.6 is 0 Å². The normalized spacial score (nSPS) is 24.7. The number of nitrogens with one attached hydrogen (secondary N) is 1. The van der Waals surface area contributed by atoms with Crippen molar-refractivity contribution in [3.05, 3.63) is 80.9 Å². The second kappa shape index (κ2) is 14.2. The number of benzene rings is 2. The van der Waals surface area contributed by atoms with Crippen LogP contribution in [0.2, 0.25) is 18.1 Å². The Morgan fingerprint density at radius 3 is 2.40 bits per heavy atom. The summed E-state index contributed by atoms with van der Waals surface area (Å²) in [5, 5.41) is 31.1. The summed E-state index contributed by atoms with van der Waals surface area (Å²) in [4.78, 5) is 47.7. The molecule has 0 radical (unpaired) electrons. The monoisotopic (exact) mass is 800 g/mol. The summed E-state index contributed by atoms with van der Waals surface area (Å²) >= 11 is 0. The summed E-state index contributed by atoms with van der Waals surface area (Å²) in [6.45, 7) is 10.1. The molecule has 3 aromatic rings. The number of halogens is 1. The number of rotatable bonds is 9. The number of aliphatic hydroxyl groups excluding tert-OH is 1. The third-order valence-electron chi connectivity index (χ3n) is 13.6. The molecule has 0 spiro atoms. The van der Waals surface area contributed by atoms with Crippen LogP contribution in [0, 0.1) is 17.7 Å². The highest BCUT2D eigenvalue weighted by Crippen LogP contribution is 2.59. The van der Waals surface area contributed by atoms with Crippen molar-refractivity contribution in [3.63, 3.8) is 0 Å². The zero-order valence-electron chi connectivity index (χ0n) is 33.8. The van der Waals surface area contributed by atoms with Crippen molar-refractivity contribution in [2.45, 2.75) is 115 Å². The van der Waals surface area contributed by atoms with E-state index in [1.165, 1.54) is 4.90 Å². The largest absolute Gasteiger partial charge is 0.507 e. The van der Waals surface area contributed by atoms with Gasteiger partial charge in [-0.25, -0.2) is 4.39 Å². The molecular formula is C43H53FN4O8Si. The molecule has 0 bridgehead atoms. The smallest absolute Gasteiger partial charge is 0.265 e. The number of hydrogen-bond donors (Lipinski definition) is 3. The van der Waals surface area contributed by atoms with Gasteiger partial charge >= 0.3 is 0 Å². The molecule has 8 rings (SSSR count). The molecule has 1 aliphatic heterocycles. The lowest BCUT2D eigenvalue weighted by Crippen LogP contribution is -2.68. The van der Waals surface area contributed by atoms with Crippen LogP contribution in [0.15, 0.2) is 40.4 Å². The van der Waals surface area contributed by atoms with E-state index < -0.39 is 60.0 Å². The summed E-state index contributed by atoms with van der Waals surface area (Å²) in [6, 6.07) is 8.99. The number of hydrogen-bond acceptors (Lipinski definition) is 11. The van der Waals surface area contributed by atoms with Crippen LogP contribution in [0.3, 0.4) is 0 Å². The van der Waals surface area contributed by atoms with Gasteiger partial charge in [0.2, 0.25) is 17.5 Å². The van der Waals surface area contributed by atoms with Gasteiger partial charge < -0.3 is 34.1 Å². The zero-order chi connectivity index (χ0) is 40.8. The minimum atomic E-state index is -2.97. The van der Waals surface area contributed by atoms with Crippen molar-refractivity contribution in [2.24, 2.45) is 11.8 Å². The maximum atomic E-state index is 16.8. The van der Waals surface area contributed by atoms with Crippen molar-refractivity contribution >= 4 is 31.6 Å². The molecule has 14 heteroatoms. The van der Waals surface area contributed by atoms with Gasteiger partial charge in [0.15, 0.2) is 19.7 Å². The van der Waals surface area contributed by atoms with Crippen molar-refractivity contribution < 1.29 is 42.7 Å². The molecule has 0 saturated heterocycles. The Morgan fingerprint density at radius 2 is 1.74 bits per heavy atom. The number of nitrogens with zero attached hydrogens (tertiary/aromatic N) is 3. The Labute approximate surface area is 333 Å². The van der Waals surface area contributed by atoms with Gasteiger partial charge in [-0.3, -0.25) is 19.3 Å². The van der Waals surface area contributed by atoms with Gasteiger partial charge in [-0.05, 0) is 74.5 Å². The molecule has 1 amide bonds. The fourth-order valence-corrected chi connectivity index (χ4v) is 11.0. The van der Waals surface area contributed by atoms with Gasteiger partial charge in [0.25, 0.3) is 5.88 Å². The van der Waals surface area contributed by atoms with Gasteiger partial charge in [-0.1, -0.05) is 63.9 Å². The zero-order valence-corrected chi connectivity index (χ0v) is 34.8. The third-order valence-corrected chi connectivity index (χ3v) is 18.0. The van der Waals surface area contributed by atoms with Crippen molar-refractivity contribution in [3.8, 4) is 11.6 Å². The molecule has 0 unspecified atom stereocenters. The number of ketones is 2. The van der Waals surface area contributed by atoms with Crippen LogP contribution in [0.25, 0.3) is 5.76 Å². The van der Waals surface area contributed by atoms with E-state index in [9.17, 15) is 15.0 Å². The summed E-state index contributed by atoms with van der Waals surface area (Å²) in [6.07, 6.45) is 4.40. The van der Waals surface area contributed by atoms with E-state index in [1.807, 2.05) is 83.2 Å². The third kappa shape index (κ3) is 6.25. The predicted octanol–water partition coefficient (Wildman–Crippen LogP) is 6.76. The molecule has 57 heavy (non-hydrogen) atoms. The minimum absolute atomic E-state index is 0.0135. The molecule has 5 aliphatic rings. The van der Waals surface area contributed by atoms with E-state index in [0.29, 0.717) is 0 Å². The summed E-state index contributed by atoms with van der Waals surface area (Å²) in [5.41, 5.74) is -1.02. The van der Waals surface area contributed by atoms with Gasteiger partial charge in [-0.2, -0.15) is 0 Å². The molecule has 2 aromatic carbocycles. The molecule has 2 saturated carbocycles. The van der Waals surface area contributed by atoms with Crippen LogP contribution in [-0.4, -0.2) is 83.2 Å². The molecule has 12 nitrogen and oxygen atoms in total. The Hall–Kier alpha value is -4.37. The van der Waals surface area contributed by atoms with E-state index in [2.05, 4.69) is 10.5 Å². The van der Waals surface area contributed by atoms with Crippen LogP contribution in [-0.2, 0) is 40.1 Å². The maximum absolute atomic E-state index is 16.8. The summed E-state index contributed by atoms with van der Waals surface area (Å²) < 4.78 is 36.0. The number of aromatic hydroxyl groups is 1. The lowest BCUT2D eigenvalue weighted by Gasteiger charge is -2.55. The average molecular weight is 801 g/mol. The van der Waals surface area contributed by atoms with Gasteiger partial charge in [0.1, 0.15) is 29.5 Å². The molecule has 2 heterocycles. The highest BCUT2D eigenvalue weighted by Gasteiger charge is 2.69. The number of aromatic nitrogens is 1. The average Bonchev–Trinajstić information content (AvgIpc) is 3.94. The first-order valence-corrected chi connectivity index (χ1v) is 23.0. The van der Waals surface area contributed by atoms with E-state index >= 15 is 14.0 Å². The first kappa shape index (κ1) is 39.5. The van der Waals surface area contributed by atoms with E-state index in [4.69, 9.17) is 13.7 Å². The number of Topliss-reactive ketones (excluding diaryl/α,β-unsaturated/α-hetero) is 2. The fourth-order valence-electron chi connectivity index (χ4n) is 9.57. The number of phenolic OH excluding ortho intramolecular Hbond substituents is 1. The van der Waals surface area contributed by atoms with E-state index in [-0.39, 0.29) is 102 Å². The number of carbonyl (C=O) groups excluding carboxylic acids is 3. The fraction of sp³-hybridized carbons (Fsp3) is 0.535. The van der Waals surface area contributed by atoms with Crippen LogP contribution < -0.4 is 10.1 Å². The lowest BCUT2D eigenvalue weighted by molar-refractivity contribution is -0.140. The molecule has 3 N–H and O–H groups in total. The van der Waals surface area contributed by atoms with Gasteiger partial charge in [0.05, 0.1) is 24.7 Å². The maximum Gasteiger partial charge on any atom is 0.265 e.